The van der Waals surface area contributed by atoms with Crippen molar-refractivity contribution in [1.82, 2.24) is 0 Å². The van der Waals surface area contributed by atoms with Gasteiger partial charge in [-0.3, -0.25) is 9.59 Å². The molecule has 0 bridgehead atoms. The molecule has 3 unspecified atom stereocenters. The van der Waals surface area contributed by atoms with Crippen molar-refractivity contribution in [1.29, 1.82) is 0 Å². The standard InChI is InChI=1S/C35H40O8/c1-7-35(6,31(37)26-14-10-8-11-15-26)41-23-25(3)43-33(39)29-20-18-27(19-21-29)30(36)34(4,5)40-22-24(2)42-32(38)28-16-12-9-13-17-28/h8-21,24-25H,7,22-23H2,1-6H3. The predicted octanol–water partition coefficient (Wildman–Crippen LogP) is 6.52. The number of rotatable bonds is 15. The SMILES string of the molecule is CCC(C)(OCC(C)OC(=O)c1ccc(C(=O)C(C)(C)OCC(C)OC(=O)c2ccccc2)cc1)C(=O)c1ccccc1. The topological polar surface area (TPSA) is 105 Å². The van der Waals surface area contributed by atoms with Crippen LogP contribution in [0.15, 0.2) is 84.9 Å². The van der Waals surface area contributed by atoms with Crippen LogP contribution in [-0.4, -0.2) is 60.1 Å². The van der Waals surface area contributed by atoms with E-state index in [9.17, 15) is 19.2 Å². The summed E-state index contributed by atoms with van der Waals surface area (Å²) in [4.78, 5) is 51.2. The number of benzene rings is 3. The summed E-state index contributed by atoms with van der Waals surface area (Å²) in [6, 6.07) is 23.7. The molecule has 3 atom stereocenters. The normalized spacial score (nSPS) is 14.2. The van der Waals surface area contributed by atoms with Gasteiger partial charge < -0.3 is 18.9 Å². The number of Topliss-reactive ketones (excluding diaryl/α,β-unsaturated/α-hetero) is 2. The van der Waals surface area contributed by atoms with Gasteiger partial charge in [-0.25, -0.2) is 9.59 Å². The van der Waals surface area contributed by atoms with Crippen molar-refractivity contribution in [3.8, 4) is 0 Å². The van der Waals surface area contributed by atoms with Gasteiger partial charge in [-0.2, -0.15) is 0 Å². The molecule has 0 saturated carbocycles. The minimum Gasteiger partial charge on any atom is -0.457 e. The van der Waals surface area contributed by atoms with Crippen molar-refractivity contribution in [2.24, 2.45) is 0 Å². The molecule has 43 heavy (non-hydrogen) atoms. The molecule has 3 aromatic carbocycles. The molecule has 0 aliphatic heterocycles. The molecule has 0 radical (unpaired) electrons. The number of carbonyl (C=O) groups is 4. The van der Waals surface area contributed by atoms with E-state index in [1.165, 1.54) is 24.3 Å². The Labute approximate surface area is 253 Å². The van der Waals surface area contributed by atoms with E-state index >= 15 is 0 Å². The first-order valence-electron chi connectivity index (χ1n) is 14.4. The minimum absolute atomic E-state index is 0.0235. The Hall–Kier alpha value is -4.14. The first kappa shape index (κ1) is 33.4. The van der Waals surface area contributed by atoms with Crippen molar-refractivity contribution in [2.75, 3.05) is 13.2 Å². The molecule has 0 fully saturated rings. The largest absolute Gasteiger partial charge is 0.457 e. The summed E-state index contributed by atoms with van der Waals surface area (Å²) in [6.07, 6.45) is -0.738. The van der Waals surface area contributed by atoms with Crippen LogP contribution in [0.25, 0.3) is 0 Å². The van der Waals surface area contributed by atoms with Crippen LogP contribution in [0.5, 0.6) is 0 Å². The molecule has 228 valence electrons. The molecular formula is C35H40O8. The minimum atomic E-state index is -1.20. The lowest BCUT2D eigenvalue weighted by Crippen LogP contribution is -2.40. The second kappa shape index (κ2) is 14.8. The maximum atomic E-state index is 13.2. The van der Waals surface area contributed by atoms with Crippen LogP contribution in [0, 0.1) is 0 Å². The van der Waals surface area contributed by atoms with Crippen LogP contribution in [0.2, 0.25) is 0 Å². The van der Waals surface area contributed by atoms with Gasteiger partial charge in [0.1, 0.15) is 23.4 Å². The van der Waals surface area contributed by atoms with Crippen molar-refractivity contribution in [3.05, 3.63) is 107 Å². The van der Waals surface area contributed by atoms with E-state index in [-0.39, 0.29) is 30.3 Å². The summed E-state index contributed by atoms with van der Waals surface area (Å²) in [5.74, 6) is -1.47. The van der Waals surface area contributed by atoms with E-state index in [1.54, 1.807) is 83.1 Å². The number of esters is 2. The number of hydrogen-bond acceptors (Lipinski definition) is 8. The zero-order chi connectivity index (χ0) is 31.6. The predicted molar refractivity (Wildman–Crippen MR) is 162 cm³/mol. The highest BCUT2D eigenvalue weighted by Crippen LogP contribution is 2.23. The Balaban J connectivity index is 1.51. The highest BCUT2D eigenvalue weighted by molar-refractivity contribution is 6.03. The smallest absolute Gasteiger partial charge is 0.338 e. The molecule has 3 rings (SSSR count). The van der Waals surface area contributed by atoms with E-state index in [0.717, 1.165) is 0 Å². The second-order valence-corrected chi connectivity index (χ2v) is 11.1. The second-order valence-electron chi connectivity index (χ2n) is 11.1. The van der Waals surface area contributed by atoms with E-state index in [1.807, 2.05) is 19.1 Å². The zero-order valence-corrected chi connectivity index (χ0v) is 25.6. The van der Waals surface area contributed by atoms with Crippen LogP contribution in [-0.2, 0) is 18.9 Å². The quantitative estimate of drug-likeness (QED) is 0.146. The van der Waals surface area contributed by atoms with Gasteiger partial charge in [0.2, 0.25) is 0 Å². The number of ether oxygens (including phenoxy) is 4. The third-order valence-corrected chi connectivity index (χ3v) is 7.06. The Morgan fingerprint density at radius 3 is 1.47 bits per heavy atom. The molecule has 0 N–H and O–H groups in total. The molecule has 0 aliphatic carbocycles. The van der Waals surface area contributed by atoms with Gasteiger partial charge in [0.25, 0.3) is 0 Å². The van der Waals surface area contributed by atoms with Crippen LogP contribution >= 0.6 is 0 Å². The lowest BCUT2D eigenvalue weighted by atomic mass is 9.92. The fourth-order valence-electron chi connectivity index (χ4n) is 4.16. The summed E-state index contributed by atoms with van der Waals surface area (Å²) in [6.45, 7) is 10.3. The highest BCUT2D eigenvalue weighted by Gasteiger charge is 2.34. The maximum Gasteiger partial charge on any atom is 0.338 e. The average molecular weight is 589 g/mol. The number of ketones is 2. The molecule has 0 aromatic heterocycles. The lowest BCUT2D eigenvalue weighted by Gasteiger charge is -2.28. The molecule has 0 amide bonds. The van der Waals surface area contributed by atoms with E-state index in [0.29, 0.717) is 23.1 Å². The van der Waals surface area contributed by atoms with Crippen molar-refractivity contribution in [2.45, 2.75) is 71.4 Å². The van der Waals surface area contributed by atoms with Crippen molar-refractivity contribution in [3.63, 3.8) is 0 Å². The monoisotopic (exact) mass is 588 g/mol. The van der Waals surface area contributed by atoms with Gasteiger partial charge in [-0.1, -0.05) is 67.6 Å². The molecule has 8 heteroatoms. The van der Waals surface area contributed by atoms with E-state index in [2.05, 4.69) is 0 Å². The van der Waals surface area contributed by atoms with Crippen molar-refractivity contribution < 1.29 is 38.1 Å². The first-order valence-corrected chi connectivity index (χ1v) is 14.4. The van der Waals surface area contributed by atoms with Gasteiger partial charge in [0, 0.05) is 11.1 Å². The fraction of sp³-hybridized carbons (Fsp3) is 0.371. The molecule has 0 saturated heterocycles. The van der Waals surface area contributed by atoms with Crippen LogP contribution < -0.4 is 0 Å². The Bertz CT molecular complexity index is 1380. The molecule has 3 aromatic rings. The summed E-state index contributed by atoms with van der Waals surface area (Å²) in [5.41, 5.74) is -0.652. The Morgan fingerprint density at radius 1 is 0.581 bits per heavy atom. The van der Waals surface area contributed by atoms with Gasteiger partial charge in [-0.15, -0.1) is 0 Å². The molecule has 0 heterocycles. The van der Waals surface area contributed by atoms with Crippen LogP contribution in [0.3, 0.4) is 0 Å². The summed E-state index contributed by atoms with van der Waals surface area (Å²) >= 11 is 0. The lowest BCUT2D eigenvalue weighted by molar-refractivity contribution is -0.0558. The van der Waals surface area contributed by atoms with Crippen LogP contribution in [0.1, 0.15) is 89.4 Å². The van der Waals surface area contributed by atoms with Crippen molar-refractivity contribution >= 4 is 23.5 Å². The molecule has 8 nitrogen and oxygen atoms in total. The van der Waals surface area contributed by atoms with Gasteiger partial charge in [0.15, 0.2) is 11.6 Å². The molecule has 0 spiro atoms. The number of carbonyl (C=O) groups excluding carboxylic acids is 4. The highest BCUT2D eigenvalue weighted by atomic mass is 16.6. The summed E-state index contributed by atoms with van der Waals surface area (Å²) < 4.78 is 22.7. The summed E-state index contributed by atoms with van der Waals surface area (Å²) in [7, 11) is 0. The zero-order valence-electron chi connectivity index (χ0n) is 25.6. The third-order valence-electron chi connectivity index (χ3n) is 7.06. The maximum absolute atomic E-state index is 13.2. The van der Waals surface area contributed by atoms with E-state index in [4.69, 9.17) is 18.9 Å². The number of hydrogen-bond donors (Lipinski definition) is 0. The van der Waals surface area contributed by atoms with Crippen LogP contribution in [0.4, 0.5) is 0 Å². The van der Waals surface area contributed by atoms with Gasteiger partial charge in [0.05, 0.1) is 24.3 Å². The van der Waals surface area contributed by atoms with Gasteiger partial charge >= 0.3 is 11.9 Å². The summed E-state index contributed by atoms with van der Waals surface area (Å²) in [5, 5.41) is 0. The first-order chi connectivity index (χ1) is 20.4. The fourth-order valence-corrected chi connectivity index (χ4v) is 4.16. The molecular weight excluding hydrogens is 548 g/mol. The Morgan fingerprint density at radius 2 is 0.977 bits per heavy atom. The van der Waals surface area contributed by atoms with Gasteiger partial charge in [-0.05, 0) is 65.3 Å². The van der Waals surface area contributed by atoms with E-state index < -0.39 is 35.3 Å². The average Bonchev–Trinajstić information content (AvgIpc) is 3.02. The third kappa shape index (κ3) is 9.17. The molecule has 0 aliphatic rings. The Kier molecular flexibility index (Phi) is 11.5.